The highest BCUT2D eigenvalue weighted by molar-refractivity contribution is 6.12. The molecule has 1 heterocycles. The lowest BCUT2D eigenvalue weighted by molar-refractivity contribution is -0.114. The Hall–Kier alpha value is -3.01. The van der Waals surface area contributed by atoms with Crippen molar-refractivity contribution >= 4 is 17.2 Å². The van der Waals surface area contributed by atoms with Gasteiger partial charge in [-0.2, -0.15) is 5.11 Å². The zero-order chi connectivity index (χ0) is 21.2. The first-order valence-electron chi connectivity index (χ1n) is 9.81. The fraction of sp³-hybridized carbons (Fsp3) is 0.320. The topological polar surface area (TPSA) is 54.9 Å². The molecule has 0 aliphatic heterocycles. The van der Waals surface area contributed by atoms with Gasteiger partial charge < -0.3 is 4.42 Å². The van der Waals surface area contributed by atoms with Crippen molar-refractivity contribution in [3.8, 4) is 0 Å². The number of carbonyl (C=O) groups is 1. The van der Waals surface area contributed by atoms with Crippen LogP contribution in [0, 0.1) is 10.8 Å². The number of carbonyl (C=O) groups excluding carboxylic acids is 1. The van der Waals surface area contributed by atoms with Crippen LogP contribution >= 0.6 is 0 Å². The lowest BCUT2D eigenvalue weighted by Gasteiger charge is -2.31. The van der Waals surface area contributed by atoms with E-state index < -0.39 is 0 Å². The Morgan fingerprint density at radius 3 is 1.90 bits per heavy atom. The molecule has 0 atom stereocenters. The number of hydrogen-bond acceptors (Lipinski definition) is 4. The lowest BCUT2D eigenvalue weighted by atomic mass is 9.71. The van der Waals surface area contributed by atoms with Crippen LogP contribution in [0.4, 0.5) is 5.69 Å². The van der Waals surface area contributed by atoms with Crippen molar-refractivity contribution in [3.05, 3.63) is 83.4 Å². The molecule has 2 aromatic rings. The van der Waals surface area contributed by atoms with Crippen molar-refractivity contribution < 1.29 is 9.21 Å². The summed E-state index contributed by atoms with van der Waals surface area (Å²) in [5.74, 6) is 0.704. The number of hydrogen-bond donors (Lipinski definition) is 0. The molecule has 1 aliphatic rings. The van der Waals surface area contributed by atoms with Gasteiger partial charge in [0.1, 0.15) is 5.70 Å². The lowest BCUT2D eigenvalue weighted by Crippen LogP contribution is -2.28. The van der Waals surface area contributed by atoms with Crippen LogP contribution in [0.2, 0.25) is 0 Å². The summed E-state index contributed by atoms with van der Waals surface area (Å²) >= 11 is 0. The zero-order valence-corrected chi connectivity index (χ0v) is 18.0. The highest BCUT2D eigenvalue weighted by atomic mass is 16.3. The normalized spacial score (nSPS) is 15.5. The maximum Gasteiger partial charge on any atom is 0.186 e. The zero-order valence-electron chi connectivity index (χ0n) is 18.0. The number of benzene rings is 1. The molecule has 1 aromatic carbocycles. The van der Waals surface area contributed by atoms with E-state index in [1.165, 1.54) is 0 Å². The molecule has 1 aliphatic carbocycles. The number of nitrogens with zero attached hydrogens (tertiary/aromatic N) is 2. The molecular weight excluding hydrogens is 360 g/mol. The molecule has 4 heteroatoms. The van der Waals surface area contributed by atoms with Gasteiger partial charge in [0.05, 0.1) is 12.0 Å². The van der Waals surface area contributed by atoms with Crippen LogP contribution in [0.25, 0.3) is 5.70 Å². The standard InChI is InChI=1S/C25H28N2O2/c1-24(2,3)19-15-17(16-20(23(19)28)25(4,5)6)22(21-13-10-14-29-21)27-26-18-11-8-7-9-12-18/h7-16H,1-6H3. The van der Waals surface area contributed by atoms with Gasteiger partial charge in [0.15, 0.2) is 11.5 Å². The average molecular weight is 389 g/mol. The number of ketones is 1. The van der Waals surface area contributed by atoms with E-state index in [1.807, 2.05) is 54.6 Å². The number of azo groups is 1. The molecule has 0 saturated carbocycles. The molecule has 0 fully saturated rings. The van der Waals surface area contributed by atoms with Crippen LogP contribution in [0.3, 0.4) is 0 Å². The fourth-order valence-corrected chi connectivity index (χ4v) is 3.14. The molecule has 0 unspecified atom stereocenters. The van der Waals surface area contributed by atoms with Crippen molar-refractivity contribution in [2.45, 2.75) is 41.5 Å². The van der Waals surface area contributed by atoms with Gasteiger partial charge in [0.25, 0.3) is 0 Å². The van der Waals surface area contributed by atoms with E-state index >= 15 is 0 Å². The van der Waals surface area contributed by atoms with E-state index in [4.69, 9.17) is 4.42 Å². The van der Waals surface area contributed by atoms with E-state index in [0.29, 0.717) is 11.5 Å². The second-order valence-electron chi connectivity index (χ2n) is 9.26. The largest absolute Gasteiger partial charge is 0.463 e. The van der Waals surface area contributed by atoms with E-state index in [1.54, 1.807) is 6.26 Å². The summed E-state index contributed by atoms with van der Waals surface area (Å²) in [4.78, 5) is 13.2. The van der Waals surface area contributed by atoms with Crippen molar-refractivity contribution in [2.24, 2.45) is 21.1 Å². The van der Waals surface area contributed by atoms with Crippen LogP contribution in [-0.4, -0.2) is 5.78 Å². The van der Waals surface area contributed by atoms with Crippen molar-refractivity contribution in [3.63, 3.8) is 0 Å². The van der Waals surface area contributed by atoms with Gasteiger partial charge in [-0.25, -0.2) is 0 Å². The van der Waals surface area contributed by atoms with Gasteiger partial charge in [0.2, 0.25) is 0 Å². The van der Waals surface area contributed by atoms with E-state index in [2.05, 4.69) is 51.8 Å². The van der Waals surface area contributed by atoms with Crippen molar-refractivity contribution in [1.82, 2.24) is 0 Å². The van der Waals surface area contributed by atoms with Crippen LogP contribution < -0.4 is 0 Å². The highest BCUT2D eigenvalue weighted by Crippen LogP contribution is 2.41. The third-order valence-electron chi connectivity index (χ3n) is 4.75. The minimum Gasteiger partial charge on any atom is -0.463 e. The Kier molecular flexibility index (Phi) is 5.56. The molecule has 1 aromatic heterocycles. The monoisotopic (exact) mass is 388 g/mol. The van der Waals surface area contributed by atoms with Gasteiger partial charge in [-0.3, -0.25) is 4.79 Å². The van der Waals surface area contributed by atoms with Crippen molar-refractivity contribution in [1.29, 1.82) is 0 Å². The SMILES string of the molecule is CC(C)(C)C1=CC(=C(N=Nc2ccccc2)c2ccco2)C=C(C(C)(C)C)C1=O. The van der Waals surface area contributed by atoms with E-state index in [9.17, 15) is 4.79 Å². The Labute approximate surface area is 172 Å². The first-order chi connectivity index (χ1) is 13.6. The molecular formula is C25H28N2O2. The Bertz CT molecular complexity index is 971. The summed E-state index contributed by atoms with van der Waals surface area (Å²) < 4.78 is 5.65. The third-order valence-corrected chi connectivity index (χ3v) is 4.75. The van der Waals surface area contributed by atoms with Crippen molar-refractivity contribution in [2.75, 3.05) is 0 Å². The van der Waals surface area contributed by atoms with Crippen LogP contribution in [0.5, 0.6) is 0 Å². The molecule has 0 saturated heterocycles. The predicted molar refractivity (Wildman–Crippen MR) is 117 cm³/mol. The molecule has 3 rings (SSSR count). The Morgan fingerprint density at radius 1 is 0.828 bits per heavy atom. The summed E-state index contributed by atoms with van der Waals surface area (Å²) in [7, 11) is 0. The molecule has 0 amide bonds. The molecule has 29 heavy (non-hydrogen) atoms. The Balaban J connectivity index is 2.24. The maximum absolute atomic E-state index is 13.2. The van der Waals surface area contributed by atoms with Gasteiger partial charge in [-0.15, -0.1) is 5.11 Å². The van der Waals surface area contributed by atoms with E-state index in [0.717, 1.165) is 22.4 Å². The summed E-state index contributed by atoms with van der Waals surface area (Å²) in [5.41, 5.74) is 3.13. The summed E-state index contributed by atoms with van der Waals surface area (Å²) in [6, 6.07) is 13.2. The minimum absolute atomic E-state index is 0.0903. The first kappa shape index (κ1) is 20.7. The number of furan rings is 1. The van der Waals surface area contributed by atoms with Crippen LogP contribution in [-0.2, 0) is 4.79 Å². The minimum atomic E-state index is -0.294. The average Bonchev–Trinajstić information content (AvgIpc) is 3.16. The molecule has 0 bridgehead atoms. The quantitative estimate of drug-likeness (QED) is 0.518. The summed E-state index contributed by atoms with van der Waals surface area (Å²) in [5, 5.41) is 8.92. The van der Waals surface area contributed by atoms with Crippen LogP contribution in [0.15, 0.2) is 92.2 Å². The molecule has 150 valence electrons. The fourth-order valence-electron chi connectivity index (χ4n) is 3.14. The second-order valence-corrected chi connectivity index (χ2v) is 9.26. The second kappa shape index (κ2) is 7.78. The third kappa shape index (κ3) is 4.70. The van der Waals surface area contributed by atoms with Gasteiger partial charge in [0, 0.05) is 16.7 Å². The van der Waals surface area contributed by atoms with Gasteiger partial charge in [-0.05, 0) is 47.2 Å². The smallest absolute Gasteiger partial charge is 0.186 e. The van der Waals surface area contributed by atoms with E-state index in [-0.39, 0.29) is 16.6 Å². The first-order valence-corrected chi connectivity index (χ1v) is 9.81. The highest BCUT2D eigenvalue weighted by Gasteiger charge is 2.34. The van der Waals surface area contributed by atoms with Gasteiger partial charge >= 0.3 is 0 Å². The number of rotatable bonds is 3. The Morgan fingerprint density at radius 2 is 1.41 bits per heavy atom. The molecule has 0 radical (unpaired) electrons. The maximum atomic E-state index is 13.2. The molecule has 4 nitrogen and oxygen atoms in total. The number of allylic oxidation sites excluding steroid dienone is 5. The summed E-state index contributed by atoms with van der Waals surface area (Å²) in [6.45, 7) is 12.3. The van der Waals surface area contributed by atoms with Crippen LogP contribution in [0.1, 0.15) is 47.3 Å². The number of Topliss-reactive ketones (excluding diaryl/α,β-unsaturated/α-hetero) is 1. The summed E-state index contributed by atoms with van der Waals surface area (Å²) in [6.07, 6.45) is 5.48. The molecule has 0 spiro atoms. The van der Waals surface area contributed by atoms with Gasteiger partial charge in [-0.1, -0.05) is 59.7 Å². The molecule has 0 N–H and O–H groups in total. The predicted octanol–water partition coefficient (Wildman–Crippen LogP) is 7.30.